The van der Waals surface area contributed by atoms with Gasteiger partial charge >= 0.3 is 11.9 Å². The Kier molecular flexibility index (Phi) is 4.42. The Hall–Kier alpha value is -2.56. The minimum absolute atomic E-state index is 0.113. The molecule has 0 aliphatic carbocycles. The fraction of sp³-hybridized carbons (Fsp3) is 0.538. The van der Waals surface area contributed by atoms with Crippen LogP contribution in [0.3, 0.4) is 0 Å². The first-order chi connectivity index (χ1) is 10.1. The number of nitriles is 1. The second kappa shape index (κ2) is 6.26. The van der Waals surface area contributed by atoms with E-state index in [-0.39, 0.29) is 23.8 Å². The van der Waals surface area contributed by atoms with Gasteiger partial charge in [0.25, 0.3) is 0 Å². The van der Waals surface area contributed by atoms with Gasteiger partial charge in [0.05, 0.1) is 18.7 Å². The van der Waals surface area contributed by atoms with E-state index in [1.807, 2.05) is 6.07 Å². The molecule has 2 heterocycles. The van der Waals surface area contributed by atoms with Gasteiger partial charge in [-0.3, -0.25) is 9.80 Å². The van der Waals surface area contributed by atoms with Crippen molar-refractivity contribution in [1.29, 1.82) is 5.26 Å². The molecule has 8 heteroatoms. The number of piperidine rings is 1. The van der Waals surface area contributed by atoms with Crippen LogP contribution >= 0.6 is 0 Å². The van der Waals surface area contributed by atoms with Gasteiger partial charge in [0.2, 0.25) is 0 Å². The zero-order valence-electron chi connectivity index (χ0n) is 11.7. The molecule has 1 saturated heterocycles. The Bertz CT molecular complexity index is 581. The predicted octanol–water partition coefficient (Wildman–Crippen LogP) is 0.364. The van der Waals surface area contributed by atoms with Crippen LogP contribution in [0.2, 0.25) is 0 Å². The van der Waals surface area contributed by atoms with Gasteiger partial charge in [0.1, 0.15) is 11.6 Å². The largest absolute Gasteiger partial charge is 0.481 e. The number of carbonyl (C=O) groups excluding carboxylic acids is 1. The number of ether oxygens (including phenoxy) is 1. The second-order valence-electron chi connectivity index (χ2n) is 4.69. The van der Waals surface area contributed by atoms with Crippen molar-refractivity contribution in [3.63, 3.8) is 0 Å². The summed E-state index contributed by atoms with van der Waals surface area (Å²) in [5.74, 6) is -1.75. The lowest BCUT2D eigenvalue weighted by atomic mass is 9.98. The Morgan fingerprint density at radius 3 is 2.71 bits per heavy atom. The molecule has 21 heavy (non-hydrogen) atoms. The van der Waals surface area contributed by atoms with Crippen LogP contribution in [0.5, 0.6) is 0 Å². The quantitative estimate of drug-likeness (QED) is 0.798. The number of carboxylic acid groups (broad SMARTS) is 1. The molecule has 0 aromatic carbocycles. The molecule has 0 bridgehead atoms. The summed E-state index contributed by atoms with van der Waals surface area (Å²) in [6.07, 6.45) is 2.27. The number of aliphatic carboxylic acids is 1. The molecule has 1 fully saturated rings. The minimum Gasteiger partial charge on any atom is -0.481 e. The number of hydrogen-bond donors (Lipinski definition) is 1. The Labute approximate surface area is 121 Å². The summed E-state index contributed by atoms with van der Waals surface area (Å²) in [6.45, 7) is 2.84. The number of carbonyl (C=O) groups is 2. The molecule has 0 spiro atoms. The van der Waals surface area contributed by atoms with E-state index in [0.29, 0.717) is 25.9 Å². The molecule has 1 aliphatic rings. The van der Waals surface area contributed by atoms with Crippen molar-refractivity contribution >= 4 is 11.9 Å². The highest BCUT2D eigenvalue weighted by atomic mass is 16.5. The summed E-state index contributed by atoms with van der Waals surface area (Å²) < 4.78 is 4.88. The lowest BCUT2D eigenvalue weighted by Crippen LogP contribution is -2.44. The summed E-state index contributed by atoms with van der Waals surface area (Å²) in [5.41, 5.74) is 0.238. The van der Waals surface area contributed by atoms with Crippen LogP contribution in [-0.4, -0.2) is 46.6 Å². The molecule has 1 N–H and O–H groups in total. The highest BCUT2D eigenvalue weighted by molar-refractivity contribution is 5.91. The van der Waals surface area contributed by atoms with Gasteiger partial charge in [-0.25, -0.2) is 4.79 Å². The first-order valence-electron chi connectivity index (χ1n) is 6.71. The molecule has 0 atom stereocenters. The van der Waals surface area contributed by atoms with Crippen molar-refractivity contribution in [3.8, 4) is 6.07 Å². The second-order valence-corrected chi connectivity index (χ2v) is 4.69. The standard InChI is InChI=1S/C13H16N4O4/c1-2-21-13(20)10-8-15-17(11(10)7-14)16-5-3-9(4-6-16)12(18)19/h8-9H,2-6H2,1H3,(H,18,19). The first-order valence-corrected chi connectivity index (χ1v) is 6.71. The fourth-order valence-corrected chi connectivity index (χ4v) is 2.32. The molecular formula is C13H16N4O4. The molecule has 0 radical (unpaired) electrons. The average Bonchev–Trinajstić information content (AvgIpc) is 2.91. The first kappa shape index (κ1) is 14.8. The number of carboxylic acids is 1. The van der Waals surface area contributed by atoms with Crippen LogP contribution in [0, 0.1) is 17.2 Å². The van der Waals surface area contributed by atoms with Crippen molar-refractivity contribution in [3.05, 3.63) is 17.5 Å². The third-order valence-corrected chi connectivity index (χ3v) is 3.44. The molecule has 1 aromatic heterocycles. The maximum atomic E-state index is 11.7. The van der Waals surface area contributed by atoms with E-state index in [9.17, 15) is 14.9 Å². The summed E-state index contributed by atoms with van der Waals surface area (Å²) in [6, 6.07) is 1.96. The van der Waals surface area contributed by atoms with Gasteiger partial charge in [-0.2, -0.15) is 15.2 Å². The molecule has 8 nitrogen and oxygen atoms in total. The smallest absolute Gasteiger partial charge is 0.342 e. The molecule has 1 aliphatic heterocycles. The average molecular weight is 292 g/mol. The minimum atomic E-state index is -0.803. The molecule has 2 rings (SSSR count). The van der Waals surface area contributed by atoms with Crippen molar-refractivity contribution in [2.45, 2.75) is 19.8 Å². The van der Waals surface area contributed by atoms with E-state index in [4.69, 9.17) is 9.84 Å². The zero-order chi connectivity index (χ0) is 15.4. The Morgan fingerprint density at radius 2 is 2.19 bits per heavy atom. The molecule has 0 amide bonds. The van der Waals surface area contributed by atoms with E-state index in [1.54, 1.807) is 11.9 Å². The molecular weight excluding hydrogens is 276 g/mol. The van der Waals surface area contributed by atoms with E-state index in [1.165, 1.54) is 11.0 Å². The van der Waals surface area contributed by atoms with Crippen molar-refractivity contribution in [1.82, 2.24) is 9.89 Å². The number of esters is 1. The predicted molar refractivity (Wildman–Crippen MR) is 71.2 cm³/mol. The van der Waals surface area contributed by atoms with Gasteiger partial charge < -0.3 is 9.84 Å². The molecule has 0 unspecified atom stereocenters. The van der Waals surface area contributed by atoms with Crippen LogP contribution in [0.25, 0.3) is 0 Å². The van der Waals surface area contributed by atoms with Gasteiger partial charge in [0, 0.05) is 13.1 Å². The third kappa shape index (κ3) is 2.97. The summed E-state index contributed by atoms with van der Waals surface area (Å²) in [7, 11) is 0. The number of aromatic nitrogens is 2. The maximum absolute atomic E-state index is 11.7. The summed E-state index contributed by atoms with van der Waals surface area (Å²) >= 11 is 0. The summed E-state index contributed by atoms with van der Waals surface area (Å²) in [4.78, 5) is 24.0. The zero-order valence-corrected chi connectivity index (χ0v) is 11.7. The van der Waals surface area contributed by atoms with Gasteiger partial charge in [-0.05, 0) is 19.8 Å². The van der Waals surface area contributed by atoms with E-state index in [0.717, 1.165) is 0 Å². The van der Waals surface area contributed by atoms with Gasteiger partial charge in [-0.15, -0.1) is 0 Å². The van der Waals surface area contributed by atoms with E-state index < -0.39 is 11.9 Å². The lowest BCUT2D eigenvalue weighted by Gasteiger charge is -2.31. The fourth-order valence-electron chi connectivity index (χ4n) is 2.32. The molecule has 0 saturated carbocycles. The number of rotatable bonds is 4. The molecule has 1 aromatic rings. The third-order valence-electron chi connectivity index (χ3n) is 3.44. The van der Waals surface area contributed by atoms with Crippen molar-refractivity contribution in [2.24, 2.45) is 5.92 Å². The monoisotopic (exact) mass is 292 g/mol. The SMILES string of the molecule is CCOC(=O)c1cnn(N2CCC(C(=O)O)CC2)c1C#N. The van der Waals surface area contributed by atoms with Gasteiger partial charge in [-0.1, -0.05) is 0 Å². The van der Waals surface area contributed by atoms with Crippen LogP contribution in [0.4, 0.5) is 0 Å². The topological polar surface area (TPSA) is 108 Å². The highest BCUT2D eigenvalue weighted by Gasteiger charge is 2.28. The van der Waals surface area contributed by atoms with Crippen molar-refractivity contribution < 1.29 is 19.4 Å². The normalized spacial score (nSPS) is 15.5. The number of hydrogen-bond acceptors (Lipinski definition) is 6. The highest BCUT2D eigenvalue weighted by Crippen LogP contribution is 2.18. The lowest BCUT2D eigenvalue weighted by molar-refractivity contribution is -0.142. The Balaban J connectivity index is 2.17. The van der Waals surface area contributed by atoms with E-state index >= 15 is 0 Å². The van der Waals surface area contributed by atoms with Crippen LogP contribution in [-0.2, 0) is 9.53 Å². The Morgan fingerprint density at radius 1 is 1.52 bits per heavy atom. The van der Waals surface area contributed by atoms with Crippen LogP contribution in [0.1, 0.15) is 35.8 Å². The van der Waals surface area contributed by atoms with Crippen LogP contribution < -0.4 is 5.01 Å². The summed E-state index contributed by atoms with van der Waals surface area (Å²) in [5, 5.41) is 24.0. The van der Waals surface area contributed by atoms with E-state index in [2.05, 4.69) is 5.10 Å². The van der Waals surface area contributed by atoms with Gasteiger partial charge in [0.15, 0.2) is 5.69 Å². The molecule has 112 valence electrons. The number of nitrogens with zero attached hydrogens (tertiary/aromatic N) is 4. The van der Waals surface area contributed by atoms with Crippen molar-refractivity contribution in [2.75, 3.05) is 24.7 Å². The maximum Gasteiger partial charge on any atom is 0.342 e. The van der Waals surface area contributed by atoms with Crippen LogP contribution in [0.15, 0.2) is 6.20 Å².